The van der Waals surface area contributed by atoms with Gasteiger partial charge in [0.1, 0.15) is 17.0 Å². The van der Waals surface area contributed by atoms with E-state index in [1.165, 1.54) is 19.1 Å². The van der Waals surface area contributed by atoms with Gasteiger partial charge in [0.05, 0.1) is 11.6 Å². The highest BCUT2D eigenvalue weighted by Gasteiger charge is 2.59. The highest BCUT2D eigenvalue weighted by atomic mass is 19.3. The predicted molar refractivity (Wildman–Crippen MR) is 91.4 cm³/mol. The lowest BCUT2D eigenvalue weighted by atomic mass is 9.86. The summed E-state index contributed by atoms with van der Waals surface area (Å²) < 4.78 is 49.6. The minimum absolute atomic E-state index is 0.0976. The zero-order valence-corrected chi connectivity index (χ0v) is 15.7. The van der Waals surface area contributed by atoms with Crippen LogP contribution in [-0.4, -0.2) is 22.4 Å². The van der Waals surface area contributed by atoms with E-state index in [0.717, 1.165) is 13.0 Å². The van der Waals surface area contributed by atoms with Crippen LogP contribution in [0.5, 0.6) is 0 Å². The number of halogens is 3. The van der Waals surface area contributed by atoms with Crippen LogP contribution in [0.2, 0.25) is 0 Å². The van der Waals surface area contributed by atoms with E-state index in [2.05, 4.69) is 5.32 Å². The number of rotatable bonds is 5. The average molecular weight is 373 g/mol. The van der Waals surface area contributed by atoms with E-state index in [1.54, 1.807) is 20.8 Å². The van der Waals surface area contributed by atoms with E-state index in [1.807, 2.05) is 0 Å². The summed E-state index contributed by atoms with van der Waals surface area (Å²) in [4.78, 5) is 11.8. The van der Waals surface area contributed by atoms with Crippen molar-refractivity contribution in [1.29, 1.82) is 0 Å². The van der Waals surface area contributed by atoms with Crippen molar-refractivity contribution >= 4 is 6.09 Å². The van der Waals surface area contributed by atoms with Crippen LogP contribution in [-0.2, 0) is 10.7 Å². The molecule has 4 nitrogen and oxygen atoms in total. The number of carbonyl (C=O) groups is 1. The fourth-order valence-electron chi connectivity index (χ4n) is 2.86. The Hall–Kier alpha value is -1.76. The molecule has 1 aliphatic carbocycles. The third kappa shape index (κ3) is 4.14. The predicted octanol–water partition coefficient (Wildman–Crippen LogP) is 4.66. The van der Waals surface area contributed by atoms with Gasteiger partial charge >= 0.3 is 12.0 Å². The largest absolute Gasteiger partial charge is 0.444 e. The van der Waals surface area contributed by atoms with Crippen LogP contribution in [0.15, 0.2) is 18.2 Å². The molecule has 1 aromatic rings. The van der Waals surface area contributed by atoms with Gasteiger partial charge in [-0.25, -0.2) is 9.18 Å². The van der Waals surface area contributed by atoms with Gasteiger partial charge in [-0.1, -0.05) is 12.1 Å². The first-order valence-electron chi connectivity index (χ1n) is 8.66. The van der Waals surface area contributed by atoms with E-state index in [4.69, 9.17) is 4.74 Å². The Balaban J connectivity index is 2.27. The highest BCUT2D eigenvalue weighted by molar-refractivity contribution is 5.68. The van der Waals surface area contributed by atoms with E-state index < -0.39 is 46.6 Å². The maximum absolute atomic E-state index is 14.8. The second kappa shape index (κ2) is 6.76. The van der Waals surface area contributed by atoms with E-state index in [-0.39, 0.29) is 5.56 Å². The summed E-state index contributed by atoms with van der Waals surface area (Å²) in [5, 5.41) is 12.7. The van der Waals surface area contributed by atoms with Crippen LogP contribution < -0.4 is 5.32 Å². The lowest BCUT2D eigenvalue weighted by Gasteiger charge is -2.34. The first kappa shape index (κ1) is 20.6. The summed E-state index contributed by atoms with van der Waals surface area (Å²) in [6.45, 7) is 7.55. The van der Waals surface area contributed by atoms with Gasteiger partial charge in [-0.05, 0) is 59.4 Å². The van der Waals surface area contributed by atoms with Gasteiger partial charge in [0.25, 0.3) is 0 Å². The molecule has 1 aromatic carbocycles. The molecule has 2 atom stereocenters. The van der Waals surface area contributed by atoms with Crippen molar-refractivity contribution in [2.75, 3.05) is 0 Å². The monoisotopic (exact) mass is 373 g/mol. The number of carbonyl (C=O) groups excluding carboxylic acids is 1. The Morgan fingerprint density at radius 3 is 2.35 bits per heavy atom. The lowest BCUT2D eigenvalue weighted by Crippen LogP contribution is -2.46. The number of amides is 1. The first-order valence-corrected chi connectivity index (χ1v) is 8.66. The molecule has 7 heteroatoms. The molecule has 0 unspecified atom stereocenters. The lowest BCUT2D eigenvalue weighted by molar-refractivity contribution is -0.191. The number of nitrogens with one attached hydrogen (secondary N) is 1. The molecule has 0 aromatic heterocycles. The van der Waals surface area contributed by atoms with Crippen molar-refractivity contribution in [3.63, 3.8) is 0 Å². The Labute approximate surface area is 151 Å². The first-order chi connectivity index (χ1) is 11.8. The van der Waals surface area contributed by atoms with Crippen LogP contribution in [0.25, 0.3) is 0 Å². The molecule has 0 radical (unpaired) electrons. The summed E-state index contributed by atoms with van der Waals surface area (Å²) in [6.07, 6.45) is 0.201. The Morgan fingerprint density at radius 2 is 1.85 bits per heavy atom. The topological polar surface area (TPSA) is 58.6 Å². The van der Waals surface area contributed by atoms with Crippen molar-refractivity contribution in [1.82, 2.24) is 5.32 Å². The molecule has 1 fully saturated rings. The zero-order chi connectivity index (χ0) is 19.9. The molecule has 0 bridgehead atoms. The van der Waals surface area contributed by atoms with E-state index in [0.29, 0.717) is 12.8 Å². The quantitative estimate of drug-likeness (QED) is 0.789. The second-order valence-electron chi connectivity index (χ2n) is 8.07. The van der Waals surface area contributed by atoms with Crippen LogP contribution in [0.4, 0.5) is 18.0 Å². The highest BCUT2D eigenvalue weighted by Crippen LogP contribution is 2.52. The van der Waals surface area contributed by atoms with Crippen LogP contribution >= 0.6 is 0 Å². The minimum Gasteiger partial charge on any atom is -0.444 e. The Bertz CT molecular complexity index is 679. The number of hydrogen-bond donors (Lipinski definition) is 2. The molecule has 0 heterocycles. The van der Waals surface area contributed by atoms with Gasteiger partial charge < -0.3 is 15.2 Å². The number of alkyl halides is 2. The fraction of sp³-hybridized carbons (Fsp3) is 0.632. The van der Waals surface area contributed by atoms with Gasteiger partial charge in [-0.2, -0.15) is 8.78 Å². The summed E-state index contributed by atoms with van der Waals surface area (Å²) in [7, 11) is 0. The molecule has 1 aliphatic rings. The van der Waals surface area contributed by atoms with Gasteiger partial charge in [-0.3, -0.25) is 0 Å². The SMILES string of the molecule is C[C@@H](NC(=O)OC(C)(C)C)c1cccc(C(F)(F)[C@](C)(O)C2CC2)c1F. The smallest absolute Gasteiger partial charge is 0.408 e. The summed E-state index contributed by atoms with van der Waals surface area (Å²) in [5.41, 5.74) is -4.03. The number of alkyl carbamates (subject to hydrolysis) is 1. The fourth-order valence-corrected chi connectivity index (χ4v) is 2.86. The van der Waals surface area contributed by atoms with Crippen molar-refractivity contribution in [3.8, 4) is 0 Å². The van der Waals surface area contributed by atoms with Crippen molar-refractivity contribution in [2.45, 2.75) is 70.6 Å². The maximum atomic E-state index is 14.8. The molecule has 2 N–H and O–H groups in total. The second-order valence-corrected chi connectivity index (χ2v) is 8.07. The third-order valence-electron chi connectivity index (χ3n) is 4.57. The molecule has 0 saturated heterocycles. The van der Waals surface area contributed by atoms with Gasteiger partial charge in [0, 0.05) is 5.56 Å². The summed E-state index contributed by atoms with van der Waals surface area (Å²) in [6, 6.07) is 2.70. The van der Waals surface area contributed by atoms with Gasteiger partial charge in [0.15, 0.2) is 0 Å². The van der Waals surface area contributed by atoms with E-state index >= 15 is 0 Å². The number of hydrogen-bond acceptors (Lipinski definition) is 3. The molecular formula is C19H26F3NO3. The summed E-state index contributed by atoms with van der Waals surface area (Å²) >= 11 is 0. The Morgan fingerprint density at radius 1 is 1.27 bits per heavy atom. The number of aliphatic hydroxyl groups is 1. The third-order valence-corrected chi connectivity index (χ3v) is 4.57. The van der Waals surface area contributed by atoms with Crippen molar-refractivity contribution in [2.24, 2.45) is 5.92 Å². The number of benzene rings is 1. The maximum Gasteiger partial charge on any atom is 0.408 e. The normalized spacial score (nSPS) is 18.8. The Kier molecular flexibility index (Phi) is 5.34. The van der Waals surface area contributed by atoms with Crippen molar-refractivity contribution < 1.29 is 27.8 Å². The van der Waals surface area contributed by atoms with E-state index in [9.17, 15) is 23.1 Å². The van der Waals surface area contributed by atoms with Gasteiger partial charge in [-0.15, -0.1) is 0 Å². The molecule has 0 aliphatic heterocycles. The molecule has 1 amide bonds. The standard InChI is InChI=1S/C19H26F3NO3/c1-11(23-16(24)26-17(2,3)4)13-7-6-8-14(15(13)20)19(21,22)18(5,25)12-9-10-12/h6-8,11-12,25H,9-10H2,1-5H3,(H,23,24)/t11-,18-/m1/s1. The molecule has 0 spiro atoms. The molecular weight excluding hydrogens is 347 g/mol. The molecule has 1 saturated carbocycles. The molecule has 26 heavy (non-hydrogen) atoms. The molecule has 146 valence electrons. The molecule has 2 rings (SSSR count). The average Bonchev–Trinajstić information content (AvgIpc) is 3.29. The van der Waals surface area contributed by atoms with Crippen molar-refractivity contribution in [3.05, 3.63) is 35.1 Å². The number of ether oxygens (including phenoxy) is 1. The van der Waals surface area contributed by atoms with Crippen LogP contribution in [0, 0.1) is 11.7 Å². The van der Waals surface area contributed by atoms with Crippen LogP contribution in [0.3, 0.4) is 0 Å². The van der Waals surface area contributed by atoms with Crippen LogP contribution in [0.1, 0.15) is 64.6 Å². The summed E-state index contributed by atoms with van der Waals surface area (Å²) in [5.74, 6) is -5.44. The zero-order valence-electron chi connectivity index (χ0n) is 15.7. The van der Waals surface area contributed by atoms with Gasteiger partial charge in [0.2, 0.25) is 0 Å². The minimum atomic E-state index is -3.75.